The predicted octanol–water partition coefficient (Wildman–Crippen LogP) is 8.84. The fourth-order valence-electron chi connectivity index (χ4n) is 3.27. The molecule has 0 saturated carbocycles. The zero-order chi connectivity index (χ0) is 25.2. The van der Waals surface area contributed by atoms with Crippen molar-refractivity contribution in [3.8, 4) is 0 Å². The maximum absolute atomic E-state index is 12.3. The average Bonchev–Trinajstić information content (AvgIpc) is 3.20. The lowest BCUT2D eigenvalue weighted by Gasteiger charge is -2.02. The molecule has 2 N–H and O–H groups in total. The minimum absolute atomic E-state index is 0.0374. The van der Waals surface area contributed by atoms with E-state index in [4.69, 9.17) is 28.9 Å². The maximum atomic E-state index is 12.3. The monoisotopic (exact) mass is 593 g/mol. The van der Waals surface area contributed by atoms with E-state index in [1.165, 1.54) is 11.3 Å². The Bertz CT molecular complexity index is 1250. The summed E-state index contributed by atoms with van der Waals surface area (Å²) in [5.74, 6) is -0.00333. The lowest BCUT2D eigenvalue weighted by atomic mass is 10.0. The first kappa shape index (κ1) is 26.6. The minimum Gasteiger partial charge on any atom is -0.390 e. The Morgan fingerprint density at radius 1 is 0.706 bits per heavy atom. The fourth-order valence-corrected chi connectivity index (χ4v) is 6.53. The highest BCUT2D eigenvalue weighted by atomic mass is 79.9. The Morgan fingerprint density at radius 2 is 1.09 bits per heavy atom. The molecule has 0 amide bonds. The molecule has 0 fully saturated rings. The van der Waals surface area contributed by atoms with E-state index in [-0.39, 0.29) is 11.6 Å². The Morgan fingerprint density at radius 3 is 1.44 bits per heavy atom. The lowest BCUT2D eigenvalue weighted by molar-refractivity contribution is 0.103. The Hall–Kier alpha value is -1.96. The highest BCUT2D eigenvalue weighted by Gasteiger charge is 2.20. The van der Waals surface area contributed by atoms with Gasteiger partial charge in [0.1, 0.15) is 0 Å². The van der Waals surface area contributed by atoms with Gasteiger partial charge in [-0.15, -0.1) is 22.7 Å². The van der Waals surface area contributed by atoms with Crippen LogP contribution < -0.4 is 5.73 Å². The van der Waals surface area contributed by atoms with Gasteiger partial charge >= 0.3 is 0 Å². The van der Waals surface area contributed by atoms with Crippen LogP contribution in [-0.2, 0) is 0 Å². The molecular formula is C26H22BrCl2NO2S2. The summed E-state index contributed by atoms with van der Waals surface area (Å²) >= 11 is 18.1. The van der Waals surface area contributed by atoms with E-state index in [9.17, 15) is 9.59 Å². The van der Waals surface area contributed by atoms with Crippen LogP contribution in [0.1, 0.15) is 52.7 Å². The molecule has 0 spiro atoms. The van der Waals surface area contributed by atoms with Crippen molar-refractivity contribution >= 4 is 78.4 Å². The van der Waals surface area contributed by atoms with Crippen LogP contribution >= 0.6 is 61.8 Å². The summed E-state index contributed by atoms with van der Waals surface area (Å²) in [6.07, 6.45) is 0. The molecule has 8 heteroatoms. The summed E-state index contributed by atoms with van der Waals surface area (Å²) in [5.41, 5.74) is 10.5. The number of aryl methyl sites for hydroxylation is 2. The van der Waals surface area contributed by atoms with Crippen molar-refractivity contribution in [1.82, 2.24) is 0 Å². The number of ketones is 2. The standard InChI is InChI=1S/C13H10BrClOS.C13H12ClNOS/c1-7-8(2)17-13(14)11(7)12(16)9-3-5-10(15)6-4-9;1-7-8(2)17-13(15)11(7)12(16)9-3-5-10(14)6-4-9/h3-6H,1-2H3;3-6H,15H2,1-2H3. The number of hydrogen-bond donors (Lipinski definition) is 1. The Labute approximate surface area is 225 Å². The molecule has 0 saturated heterocycles. The number of halogens is 3. The van der Waals surface area contributed by atoms with Crippen LogP contribution in [0.15, 0.2) is 52.3 Å². The van der Waals surface area contributed by atoms with Crippen LogP contribution in [0, 0.1) is 27.7 Å². The fraction of sp³-hybridized carbons (Fsp3) is 0.154. The number of nitrogens with two attached hydrogens (primary N) is 1. The SMILES string of the molecule is Cc1sc(Br)c(C(=O)c2ccc(Cl)cc2)c1C.Cc1sc(N)c(C(=O)c2ccc(Cl)cc2)c1C. The number of benzene rings is 2. The van der Waals surface area contributed by atoms with Gasteiger partial charge in [0.15, 0.2) is 11.6 Å². The molecule has 0 aliphatic carbocycles. The van der Waals surface area contributed by atoms with Gasteiger partial charge in [-0.3, -0.25) is 9.59 Å². The first-order valence-electron chi connectivity index (χ1n) is 10.2. The van der Waals surface area contributed by atoms with Crippen LogP contribution in [0.2, 0.25) is 10.0 Å². The van der Waals surface area contributed by atoms with Crippen molar-refractivity contribution in [2.75, 3.05) is 5.73 Å². The largest absolute Gasteiger partial charge is 0.390 e. The molecule has 2 aromatic heterocycles. The molecule has 0 bridgehead atoms. The molecule has 4 aromatic rings. The topological polar surface area (TPSA) is 60.2 Å². The Balaban J connectivity index is 0.000000191. The van der Waals surface area contributed by atoms with E-state index >= 15 is 0 Å². The van der Waals surface area contributed by atoms with Gasteiger partial charge in [-0.25, -0.2) is 0 Å². The number of rotatable bonds is 4. The number of thiophene rings is 2. The van der Waals surface area contributed by atoms with Crippen LogP contribution in [0.25, 0.3) is 0 Å². The highest BCUT2D eigenvalue weighted by Crippen LogP contribution is 2.34. The van der Waals surface area contributed by atoms with E-state index in [0.717, 1.165) is 30.2 Å². The second-order valence-electron chi connectivity index (χ2n) is 7.63. The van der Waals surface area contributed by atoms with Crippen molar-refractivity contribution in [3.05, 3.63) is 105 Å². The number of hydrogen-bond acceptors (Lipinski definition) is 5. The van der Waals surface area contributed by atoms with Crippen LogP contribution in [-0.4, -0.2) is 11.6 Å². The molecule has 0 radical (unpaired) electrons. The molecule has 4 rings (SSSR count). The van der Waals surface area contributed by atoms with Crippen molar-refractivity contribution < 1.29 is 9.59 Å². The summed E-state index contributed by atoms with van der Waals surface area (Å²) in [7, 11) is 0. The van der Waals surface area contributed by atoms with Gasteiger partial charge in [-0.2, -0.15) is 0 Å². The van der Waals surface area contributed by atoms with Gasteiger partial charge in [0.25, 0.3) is 0 Å². The lowest BCUT2D eigenvalue weighted by Crippen LogP contribution is -2.04. The molecule has 0 atom stereocenters. The molecule has 3 nitrogen and oxygen atoms in total. The van der Waals surface area contributed by atoms with Crippen LogP contribution in [0.4, 0.5) is 5.00 Å². The van der Waals surface area contributed by atoms with Crippen molar-refractivity contribution in [1.29, 1.82) is 0 Å². The van der Waals surface area contributed by atoms with Crippen LogP contribution in [0.3, 0.4) is 0 Å². The number of carbonyl (C=O) groups excluding carboxylic acids is 2. The van der Waals surface area contributed by atoms with Crippen molar-refractivity contribution in [2.24, 2.45) is 0 Å². The molecule has 0 aliphatic heterocycles. The summed E-state index contributed by atoms with van der Waals surface area (Å²) < 4.78 is 0.896. The first-order valence-corrected chi connectivity index (χ1v) is 13.4. The summed E-state index contributed by atoms with van der Waals surface area (Å²) in [6.45, 7) is 7.88. The van der Waals surface area contributed by atoms with Crippen molar-refractivity contribution in [2.45, 2.75) is 27.7 Å². The third-order valence-electron chi connectivity index (χ3n) is 5.42. The molecule has 176 valence electrons. The third-order valence-corrected chi connectivity index (χ3v) is 8.84. The van der Waals surface area contributed by atoms with Gasteiger partial charge in [0, 0.05) is 30.9 Å². The number of anilines is 1. The summed E-state index contributed by atoms with van der Waals surface area (Å²) in [5, 5.41) is 1.84. The molecule has 2 heterocycles. The van der Waals surface area contributed by atoms with Gasteiger partial charge in [-0.1, -0.05) is 23.2 Å². The molecule has 0 unspecified atom stereocenters. The molecular weight excluding hydrogens is 573 g/mol. The third kappa shape index (κ3) is 5.81. The minimum atomic E-state index is -0.0407. The first-order chi connectivity index (χ1) is 16.0. The average molecular weight is 595 g/mol. The highest BCUT2D eigenvalue weighted by molar-refractivity contribution is 9.11. The summed E-state index contributed by atoms with van der Waals surface area (Å²) in [6, 6.07) is 13.8. The normalized spacial score (nSPS) is 10.6. The quantitative estimate of drug-likeness (QED) is 0.240. The molecule has 0 aliphatic rings. The summed E-state index contributed by atoms with van der Waals surface area (Å²) in [4.78, 5) is 26.9. The molecule has 2 aromatic carbocycles. The Kier molecular flexibility index (Phi) is 8.77. The zero-order valence-electron chi connectivity index (χ0n) is 19.0. The van der Waals surface area contributed by atoms with Gasteiger partial charge in [-0.05, 0) is 103 Å². The van der Waals surface area contributed by atoms with E-state index in [2.05, 4.69) is 15.9 Å². The second kappa shape index (κ2) is 11.2. The van der Waals surface area contributed by atoms with Crippen molar-refractivity contribution in [3.63, 3.8) is 0 Å². The van der Waals surface area contributed by atoms with Crippen LogP contribution in [0.5, 0.6) is 0 Å². The van der Waals surface area contributed by atoms with E-state index < -0.39 is 0 Å². The van der Waals surface area contributed by atoms with E-state index in [0.29, 0.717) is 31.7 Å². The second-order valence-corrected chi connectivity index (χ2v) is 12.3. The maximum Gasteiger partial charge on any atom is 0.196 e. The van der Waals surface area contributed by atoms with Gasteiger partial charge in [0.2, 0.25) is 0 Å². The van der Waals surface area contributed by atoms with E-state index in [1.807, 2.05) is 27.7 Å². The van der Waals surface area contributed by atoms with Gasteiger partial charge in [0.05, 0.1) is 19.9 Å². The number of nitrogen functional groups attached to an aromatic ring is 1. The van der Waals surface area contributed by atoms with E-state index in [1.54, 1.807) is 59.9 Å². The predicted molar refractivity (Wildman–Crippen MR) is 149 cm³/mol. The molecule has 34 heavy (non-hydrogen) atoms. The van der Waals surface area contributed by atoms with Gasteiger partial charge < -0.3 is 5.73 Å². The number of carbonyl (C=O) groups is 2. The smallest absolute Gasteiger partial charge is 0.196 e. The zero-order valence-corrected chi connectivity index (χ0v) is 23.7.